The summed E-state index contributed by atoms with van der Waals surface area (Å²) in [7, 11) is 0. The Labute approximate surface area is 66.0 Å². The zero-order valence-electron chi connectivity index (χ0n) is 7.00. The average Bonchev–Trinajstić information content (AvgIpc) is 1.79. The topological polar surface area (TPSA) is 49.8 Å². The Kier molecular flexibility index (Phi) is 2.92. The van der Waals surface area contributed by atoms with Crippen molar-refractivity contribution in [1.29, 1.82) is 0 Å². The molecule has 0 heterocycles. The number of hydroxylamine groups is 2. The first-order valence-corrected chi connectivity index (χ1v) is 3.20. The summed E-state index contributed by atoms with van der Waals surface area (Å²) in [5.74, 6) is 0. The fourth-order valence-corrected chi connectivity index (χ4v) is 0.565. The first kappa shape index (κ1) is 9.81. The van der Waals surface area contributed by atoms with E-state index in [4.69, 9.17) is 5.11 Å². The van der Waals surface area contributed by atoms with E-state index in [0.717, 1.165) is 11.3 Å². The number of rotatable bonds is 2. The van der Waals surface area contributed by atoms with Gasteiger partial charge in [-0.2, -0.15) is 0 Å². The summed E-state index contributed by atoms with van der Waals surface area (Å²) >= 11 is 0. The van der Waals surface area contributed by atoms with Gasteiger partial charge in [0.15, 0.2) is 0 Å². The van der Waals surface area contributed by atoms with Gasteiger partial charge in [0.2, 0.25) is 0 Å². The van der Waals surface area contributed by atoms with E-state index in [2.05, 4.69) is 11.4 Å². The first-order valence-electron chi connectivity index (χ1n) is 3.20. The van der Waals surface area contributed by atoms with Crippen LogP contribution in [0.15, 0.2) is 12.8 Å². The molecule has 11 heavy (non-hydrogen) atoms. The molecule has 1 N–H and O–H groups in total. The van der Waals surface area contributed by atoms with Gasteiger partial charge in [0.25, 0.3) is 0 Å². The minimum Gasteiger partial charge on any atom is -0.463 e. The second kappa shape index (κ2) is 3.27. The highest BCUT2D eigenvalue weighted by Crippen LogP contribution is 2.13. The summed E-state index contributed by atoms with van der Waals surface area (Å²) in [5.41, 5.74) is -0.569. The third-order valence-corrected chi connectivity index (χ3v) is 0.963. The van der Waals surface area contributed by atoms with Crippen molar-refractivity contribution >= 4 is 6.09 Å². The van der Waals surface area contributed by atoms with Crippen LogP contribution in [-0.4, -0.2) is 21.8 Å². The molecular weight excluding hydrogens is 146 g/mol. The fourth-order valence-electron chi connectivity index (χ4n) is 0.565. The van der Waals surface area contributed by atoms with Crippen LogP contribution in [-0.2, 0) is 4.84 Å². The van der Waals surface area contributed by atoms with Gasteiger partial charge in [-0.05, 0) is 20.8 Å². The summed E-state index contributed by atoms with van der Waals surface area (Å²) in [6.07, 6.45) is -0.0447. The van der Waals surface area contributed by atoms with Gasteiger partial charge < -0.3 is 9.94 Å². The van der Waals surface area contributed by atoms with Crippen LogP contribution in [0.4, 0.5) is 4.79 Å². The maximum atomic E-state index is 10.5. The van der Waals surface area contributed by atoms with Crippen molar-refractivity contribution in [1.82, 2.24) is 5.06 Å². The van der Waals surface area contributed by atoms with Crippen LogP contribution in [0.1, 0.15) is 20.8 Å². The molecule has 0 aliphatic rings. The monoisotopic (exact) mass is 159 g/mol. The summed E-state index contributed by atoms with van der Waals surface area (Å²) in [6, 6.07) is 0. The van der Waals surface area contributed by atoms with Crippen LogP contribution in [0.3, 0.4) is 0 Å². The Balaban J connectivity index is 4.34. The van der Waals surface area contributed by atoms with Crippen LogP contribution in [0, 0.1) is 0 Å². The summed E-state index contributed by atoms with van der Waals surface area (Å²) < 4.78 is 0. The van der Waals surface area contributed by atoms with E-state index in [1.807, 2.05) is 0 Å². The molecule has 0 radical (unpaired) electrons. The maximum absolute atomic E-state index is 10.5. The minimum atomic E-state index is -1.13. The number of nitrogens with zero attached hydrogens (tertiary/aromatic N) is 1. The summed E-state index contributed by atoms with van der Waals surface area (Å²) in [4.78, 5) is 15.2. The number of carboxylic acid groups (broad SMARTS) is 1. The van der Waals surface area contributed by atoms with E-state index in [-0.39, 0.29) is 0 Å². The van der Waals surface area contributed by atoms with Crippen molar-refractivity contribution in [2.75, 3.05) is 0 Å². The van der Waals surface area contributed by atoms with Crippen LogP contribution < -0.4 is 0 Å². The Hall–Kier alpha value is -1.19. The predicted molar refractivity (Wildman–Crippen MR) is 40.9 cm³/mol. The molecule has 0 aromatic carbocycles. The number of amides is 1. The Morgan fingerprint density at radius 3 is 2.18 bits per heavy atom. The van der Waals surface area contributed by atoms with Gasteiger partial charge in [-0.3, -0.25) is 0 Å². The molecule has 4 heteroatoms. The van der Waals surface area contributed by atoms with Crippen LogP contribution in [0.2, 0.25) is 0 Å². The van der Waals surface area contributed by atoms with Gasteiger partial charge in [-0.15, -0.1) is 5.06 Å². The van der Waals surface area contributed by atoms with E-state index >= 15 is 0 Å². The summed E-state index contributed by atoms with van der Waals surface area (Å²) in [6.45, 7) is 8.45. The first-order chi connectivity index (χ1) is 4.89. The molecule has 0 unspecified atom stereocenters. The quantitative estimate of drug-likeness (QED) is 0.494. The lowest BCUT2D eigenvalue weighted by Crippen LogP contribution is -2.43. The molecule has 0 bridgehead atoms. The SMILES string of the molecule is C=CON(C(=O)O)C(C)(C)C. The highest BCUT2D eigenvalue weighted by Gasteiger charge is 2.27. The lowest BCUT2D eigenvalue weighted by Gasteiger charge is -2.29. The second-order valence-corrected chi connectivity index (χ2v) is 3.02. The number of hydrogen-bond acceptors (Lipinski definition) is 2. The molecule has 0 fully saturated rings. The van der Waals surface area contributed by atoms with Crippen LogP contribution in [0.5, 0.6) is 0 Å². The Bertz CT molecular complexity index is 160. The molecule has 0 aromatic heterocycles. The smallest absolute Gasteiger partial charge is 0.441 e. The molecule has 0 aliphatic heterocycles. The molecule has 0 spiro atoms. The zero-order chi connectivity index (χ0) is 9.07. The number of hydrogen-bond donors (Lipinski definition) is 1. The molecule has 1 amide bonds. The zero-order valence-corrected chi connectivity index (χ0v) is 7.00. The highest BCUT2D eigenvalue weighted by molar-refractivity contribution is 5.64. The van der Waals surface area contributed by atoms with Gasteiger partial charge in [0.1, 0.15) is 6.26 Å². The lowest BCUT2D eigenvalue weighted by atomic mass is 10.1. The van der Waals surface area contributed by atoms with Crippen molar-refractivity contribution < 1.29 is 14.7 Å². The standard InChI is InChI=1S/C7H13NO3/c1-5-11-8(6(9)10)7(2,3)4/h5H,1H2,2-4H3,(H,9,10). The Morgan fingerprint density at radius 2 is 2.09 bits per heavy atom. The molecule has 0 aliphatic carbocycles. The van der Waals surface area contributed by atoms with Gasteiger partial charge in [-0.1, -0.05) is 6.58 Å². The van der Waals surface area contributed by atoms with Crippen molar-refractivity contribution in [2.45, 2.75) is 26.3 Å². The maximum Gasteiger partial charge on any atom is 0.441 e. The second-order valence-electron chi connectivity index (χ2n) is 3.02. The van der Waals surface area contributed by atoms with Gasteiger partial charge >= 0.3 is 6.09 Å². The van der Waals surface area contributed by atoms with Crippen molar-refractivity contribution in [2.24, 2.45) is 0 Å². The van der Waals surface area contributed by atoms with Gasteiger partial charge in [0.05, 0.1) is 5.54 Å². The van der Waals surface area contributed by atoms with E-state index in [9.17, 15) is 4.79 Å². The predicted octanol–water partition coefficient (Wildman–Crippen LogP) is 1.84. The molecule has 0 saturated heterocycles. The minimum absolute atomic E-state index is 0.569. The molecule has 4 nitrogen and oxygen atoms in total. The normalized spacial score (nSPS) is 10.5. The van der Waals surface area contributed by atoms with Crippen molar-refractivity contribution in [3.63, 3.8) is 0 Å². The molecular formula is C7H13NO3. The molecule has 0 rings (SSSR count). The molecule has 0 saturated carbocycles. The summed E-state index contributed by atoms with van der Waals surface area (Å²) in [5, 5.41) is 9.43. The van der Waals surface area contributed by atoms with E-state index in [0.29, 0.717) is 0 Å². The third-order valence-electron chi connectivity index (χ3n) is 0.963. The van der Waals surface area contributed by atoms with E-state index in [1.54, 1.807) is 20.8 Å². The van der Waals surface area contributed by atoms with Gasteiger partial charge in [-0.25, -0.2) is 4.79 Å². The van der Waals surface area contributed by atoms with Crippen LogP contribution >= 0.6 is 0 Å². The van der Waals surface area contributed by atoms with Crippen LogP contribution in [0.25, 0.3) is 0 Å². The fraction of sp³-hybridized carbons (Fsp3) is 0.571. The largest absolute Gasteiger partial charge is 0.463 e. The Morgan fingerprint density at radius 1 is 1.64 bits per heavy atom. The molecule has 64 valence electrons. The van der Waals surface area contributed by atoms with E-state index in [1.165, 1.54) is 0 Å². The highest BCUT2D eigenvalue weighted by atomic mass is 16.7. The number of carbonyl (C=O) groups is 1. The molecule has 0 aromatic rings. The van der Waals surface area contributed by atoms with Crippen molar-refractivity contribution in [3.05, 3.63) is 12.8 Å². The third kappa shape index (κ3) is 2.93. The average molecular weight is 159 g/mol. The lowest BCUT2D eigenvalue weighted by molar-refractivity contribution is -0.131. The van der Waals surface area contributed by atoms with Gasteiger partial charge in [0, 0.05) is 0 Å². The van der Waals surface area contributed by atoms with Crippen molar-refractivity contribution in [3.8, 4) is 0 Å². The molecule has 0 atom stereocenters. The van der Waals surface area contributed by atoms with E-state index < -0.39 is 11.6 Å².